The van der Waals surface area contributed by atoms with Crippen LogP contribution >= 0.6 is 7.60 Å². The minimum atomic E-state index is -3.94. The molecule has 6 radical (unpaired) electrons. The molecule has 0 bridgehead atoms. The van der Waals surface area contributed by atoms with E-state index in [0.717, 1.165) is 5.56 Å². The van der Waals surface area contributed by atoms with Crippen molar-refractivity contribution in [3.8, 4) is 0 Å². The van der Waals surface area contributed by atoms with Crippen LogP contribution in [0.2, 0.25) is 0 Å². The molecule has 0 N–H and O–H groups in total. The number of ether oxygens (including phenoxy) is 1. The fraction of sp³-hybridized carbons (Fsp3) is 0.125. The van der Waals surface area contributed by atoms with Crippen LogP contribution in [0.25, 0.3) is 0 Å². The van der Waals surface area contributed by atoms with Crippen LogP contribution in [0, 0.1) is 0 Å². The highest BCUT2D eigenvalue weighted by Gasteiger charge is 2.33. The molecule has 82 valence electrons. The van der Waals surface area contributed by atoms with Crippen molar-refractivity contribution in [2.24, 2.45) is 0 Å². The molecule has 0 amide bonds. The van der Waals surface area contributed by atoms with Crippen LogP contribution in [0.1, 0.15) is 5.56 Å². The van der Waals surface area contributed by atoms with Gasteiger partial charge < -0.3 is 13.2 Å². The summed E-state index contributed by atoms with van der Waals surface area (Å²) in [6.07, 6.45) is 0. The predicted molar refractivity (Wildman–Crippen MR) is 57.9 cm³/mol. The van der Waals surface area contributed by atoms with Crippen LogP contribution in [0.15, 0.2) is 30.3 Å². The summed E-state index contributed by atoms with van der Waals surface area (Å²) in [5, 5.41) is 0. The number of hydrogen-bond acceptors (Lipinski definition) is 5. The Hall–Kier alpha value is -0.726. The van der Waals surface area contributed by atoms with Crippen LogP contribution in [0.5, 0.6) is 0 Å². The van der Waals surface area contributed by atoms with Gasteiger partial charge in [0, 0.05) is 0 Å². The second-order valence-electron chi connectivity index (χ2n) is 2.72. The van der Waals surface area contributed by atoms with E-state index in [1.165, 1.54) is 0 Å². The van der Waals surface area contributed by atoms with E-state index in [2.05, 4.69) is 29.4 Å². The Morgan fingerprint density at radius 2 is 1.75 bits per heavy atom. The molecule has 0 fully saturated rings. The van der Waals surface area contributed by atoms with E-state index in [1.807, 2.05) is 6.07 Å². The van der Waals surface area contributed by atoms with Gasteiger partial charge in [-0.25, -0.2) is 9.36 Å². The fourth-order valence-electron chi connectivity index (χ4n) is 0.892. The van der Waals surface area contributed by atoms with Gasteiger partial charge >= 0.3 is 13.3 Å². The monoisotopic (exact) mass is 270 g/mol. The van der Waals surface area contributed by atoms with Crippen molar-refractivity contribution < 1.29 is 22.5 Å². The van der Waals surface area contributed by atoms with Crippen LogP contribution in [0.3, 0.4) is 0 Å². The molecule has 0 atom stereocenters. The molecule has 1 rings (SSSR count). The molecule has 1 aromatic carbocycles. The van der Waals surface area contributed by atoms with Gasteiger partial charge in [-0.3, -0.25) is 0 Å². The van der Waals surface area contributed by atoms with Gasteiger partial charge in [0.1, 0.15) is 6.61 Å². The number of benzene rings is 1. The molecule has 0 saturated carbocycles. The Morgan fingerprint density at radius 1 is 1.19 bits per heavy atom. The van der Waals surface area contributed by atoms with Gasteiger partial charge in [-0.05, 0) is 5.56 Å². The first-order chi connectivity index (χ1) is 7.62. The molecular formula is C8H7O5PSi2. The lowest BCUT2D eigenvalue weighted by Gasteiger charge is -2.12. The first-order valence-corrected chi connectivity index (χ1v) is 6.50. The summed E-state index contributed by atoms with van der Waals surface area (Å²) in [5.74, 6) is 0. The molecule has 0 aliphatic carbocycles. The third kappa shape index (κ3) is 3.39. The number of carbonyl (C=O) groups is 1. The number of hydrogen-bond donors (Lipinski definition) is 0. The van der Waals surface area contributed by atoms with Gasteiger partial charge in [-0.15, -0.1) is 0 Å². The van der Waals surface area contributed by atoms with E-state index in [-0.39, 0.29) is 6.61 Å². The van der Waals surface area contributed by atoms with Crippen LogP contribution in [-0.2, 0) is 24.3 Å². The van der Waals surface area contributed by atoms with Crippen LogP contribution < -0.4 is 0 Å². The topological polar surface area (TPSA) is 61.8 Å². The molecular weight excluding hydrogens is 263 g/mol. The van der Waals surface area contributed by atoms with Crippen molar-refractivity contribution in [2.45, 2.75) is 6.61 Å². The summed E-state index contributed by atoms with van der Waals surface area (Å²) in [6, 6.07) is 8.95. The van der Waals surface area contributed by atoms with E-state index >= 15 is 0 Å². The lowest BCUT2D eigenvalue weighted by Crippen LogP contribution is -2.07. The van der Waals surface area contributed by atoms with Crippen LogP contribution in [0.4, 0.5) is 4.79 Å². The van der Waals surface area contributed by atoms with Crippen LogP contribution in [-0.4, -0.2) is 26.7 Å². The largest absolute Gasteiger partial charge is 0.452 e. The molecule has 0 heterocycles. The molecule has 5 nitrogen and oxygen atoms in total. The zero-order valence-corrected chi connectivity index (χ0v) is 11.0. The smallest absolute Gasteiger partial charge is 0.419 e. The summed E-state index contributed by atoms with van der Waals surface area (Å²) in [4.78, 5) is 11.3. The molecule has 0 unspecified atom stereocenters. The van der Waals surface area contributed by atoms with Gasteiger partial charge in [0.2, 0.25) is 0 Å². The first kappa shape index (κ1) is 13.3. The van der Waals surface area contributed by atoms with E-state index in [0.29, 0.717) is 0 Å². The Kier molecular flexibility index (Phi) is 5.10. The molecule has 0 aliphatic heterocycles. The lowest BCUT2D eigenvalue weighted by atomic mass is 10.2. The van der Waals surface area contributed by atoms with Crippen molar-refractivity contribution >= 4 is 34.3 Å². The average molecular weight is 270 g/mol. The molecule has 1 aromatic rings. The van der Waals surface area contributed by atoms with E-state index in [9.17, 15) is 9.36 Å². The van der Waals surface area contributed by atoms with E-state index < -0.39 is 13.3 Å². The lowest BCUT2D eigenvalue weighted by molar-refractivity contribution is 0.159. The van der Waals surface area contributed by atoms with Gasteiger partial charge in [-0.2, -0.15) is 0 Å². The van der Waals surface area contributed by atoms with Crippen molar-refractivity contribution in [3.05, 3.63) is 35.9 Å². The minimum absolute atomic E-state index is 0.00513. The summed E-state index contributed by atoms with van der Waals surface area (Å²) >= 11 is 0. The summed E-state index contributed by atoms with van der Waals surface area (Å²) in [6.45, 7) is -0.00513. The van der Waals surface area contributed by atoms with Gasteiger partial charge in [0.25, 0.3) is 21.0 Å². The SMILES string of the molecule is O=C(OCc1ccccc1)P(=O)(O[Si])O[Si]. The first-order valence-electron chi connectivity index (χ1n) is 4.14. The molecule has 0 aliphatic rings. The van der Waals surface area contributed by atoms with Crippen molar-refractivity contribution in [1.29, 1.82) is 0 Å². The molecule has 0 aromatic heterocycles. The van der Waals surface area contributed by atoms with Gasteiger partial charge in [0.15, 0.2) is 0 Å². The molecule has 16 heavy (non-hydrogen) atoms. The third-order valence-electron chi connectivity index (χ3n) is 1.67. The minimum Gasteiger partial charge on any atom is -0.452 e. The zero-order valence-electron chi connectivity index (χ0n) is 8.08. The number of carbonyl (C=O) groups excluding carboxylic acids is 1. The maximum Gasteiger partial charge on any atom is 0.419 e. The Bertz CT molecular complexity index is 389. The van der Waals surface area contributed by atoms with Crippen molar-refractivity contribution in [2.75, 3.05) is 0 Å². The highest BCUT2D eigenvalue weighted by molar-refractivity contribution is 7.72. The zero-order chi connectivity index (χ0) is 12.0. The standard InChI is InChI=1S/C8H7O5PSi2/c9-8(14(10,12-15)13-16)11-6-7-4-2-1-3-5-7/h1-5H,6H2. The van der Waals surface area contributed by atoms with Gasteiger partial charge in [0.05, 0.1) is 0 Å². The molecule has 8 heteroatoms. The normalized spacial score (nSPS) is 11.1. The highest BCUT2D eigenvalue weighted by atomic mass is 31.2. The molecule has 0 spiro atoms. The Balaban J connectivity index is 2.57. The predicted octanol–water partition coefficient (Wildman–Crippen LogP) is 1.72. The Morgan fingerprint density at radius 3 is 2.25 bits per heavy atom. The van der Waals surface area contributed by atoms with E-state index in [1.54, 1.807) is 24.3 Å². The van der Waals surface area contributed by atoms with Crippen molar-refractivity contribution in [1.82, 2.24) is 0 Å². The van der Waals surface area contributed by atoms with E-state index in [4.69, 9.17) is 4.74 Å². The number of rotatable bonds is 5. The average Bonchev–Trinajstić information content (AvgIpc) is 2.36. The maximum absolute atomic E-state index is 11.5. The third-order valence-corrected chi connectivity index (χ3v) is 4.17. The van der Waals surface area contributed by atoms with Crippen molar-refractivity contribution in [3.63, 3.8) is 0 Å². The molecule has 0 saturated heterocycles. The second-order valence-corrected chi connectivity index (χ2v) is 5.54. The summed E-state index contributed by atoms with van der Waals surface area (Å²) in [5.41, 5.74) is -0.313. The van der Waals surface area contributed by atoms with Gasteiger partial charge in [-0.1, -0.05) is 30.3 Å². The maximum atomic E-state index is 11.5. The fourth-order valence-corrected chi connectivity index (χ4v) is 2.19. The summed E-state index contributed by atoms with van der Waals surface area (Å²) in [7, 11) is 1.03. The quantitative estimate of drug-likeness (QED) is 0.602. The second kappa shape index (κ2) is 6.12. The summed E-state index contributed by atoms with van der Waals surface area (Å²) < 4.78 is 24.7. The Labute approximate surface area is 99.7 Å². The highest BCUT2D eigenvalue weighted by Crippen LogP contribution is 2.47.